The van der Waals surface area contributed by atoms with Crippen molar-refractivity contribution in [2.24, 2.45) is 0 Å². The molecule has 0 bridgehead atoms. The van der Waals surface area contributed by atoms with Gasteiger partial charge < -0.3 is 4.90 Å². The first-order valence-corrected chi connectivity index (χ1v) is 11.8. The van der Waals surface area contributed by atoms with Crippen LogP contribution in [0.2, 0.25) is 0 Å². The van der Waals surface area contributed by atoms with Crippen molar-refractivity contribution in [3.8, 4) is 0 Å². The molecule has 2 aromatic rings. The number of benzene rings is 2. The van der Waals surface area contributed by atoms with E-state index in [1.807, 2.05) is 36.4 Å². The van der Waals surface area contributed by atoms with Gasteiger partial charge in [-0.3, -0.25) is 9.69 Å². The molecule has 5 nitrogen and oxygen atoms in total. The van der Waals surface area contributed by atoms with E-state index in [1.54, 1.807) is 18.7 Å². The van der Waals surface area contributed by atoms with Gasteiger partial charge >= 0.3 is 0 Å². The monoisotopic (exact) mass is 414 g/mol. The average Bonchev–Trinajstić information content (AvgIpc) is 2.75. The van der Waals surface area contributed by atoms with Gasteiger partial charge in [0.1, 0.15) is 5.25 Å². The fraction of sp³-hybridized carbons (Fsp3) is 0.435. The van der Waals surface area contributed by atoms with Crippen molar-refractivity contribution in [2.75, 3.05) is 26.2 Å². The van der Waals surface area contributed by atoms with E-state index in [9.17, 15) is 13.2 Å². The minimum absolute atomic E-state index is 0.117. The minimum Gasteiger partial charge on any atom is -0.339 e. The smallest absolute Gasteiger partial charge is 0.240 e. The lowest BCUT2D eigenvalue weighted by Crippen LogP contribution is -2.53. The topological polar surface area (TPSA) is 57.7 Å². The molecule has 0 saturated carbocycles. The van der Waals surface area contributed by atoms with Crippen LogP contribution in [0, 0.1) is 0 Å². The highest BCUT2D eigenvalue weighted by atomic mass is 32.2. The molecule has 1 unspecified atom stereocenters. The van der Waals surface area contributed by atoms with Gasteiger partial charge in [0.05, 0.1) is 11.3 Å². The zero-order valence-electron chi connectivity index (χ0n) is 17.4. The van der Waals surface area contributed by atoms with Crippen LogP contribution in [0.25, 0.3) is 0 Å². The molecule has 0 radical (unpaired) electrons. The summed E-state index contributed by atoms with van der Waals surface area (Å²) in [7, 11) is -3.45. The SMILES string of the molecule is CC(C)S(=O)(=O)C(C)C(=O)N1CCN(C(c2ccccc2)c2ccccc2)CC1. The largest absolute Gasteiger partial charge is 0.339 e. The number of piperazine rings is 1. The van der Waals surface area contributed by atoms with E-state index in [0.29, 0.717) is 26.2 Å². The number of sulfone groups is 1. The molecular weight excluding hydrogens is 384 g/mol. The first-order valence-electron chi connectivity index (χ1n) is 10.2. The van der Waals surface area contributed by atoms with Gasteiger partial charge in [-0.2, -0.15) is 0 Å². The summed E-state index contributed by atoms with van der Waals surface area (Å²) in [4.78, 5) is 16.9. The first kappa shape index (κ1) is 21.5. The summed E-state index contributed by atoms with van der Waals surface area (Å²) < 4.78 is 24.8. The normalized spacial score (nSPS) is 16.9. The Bertz CT molecular complexity index is 866. The fourth-order valence-corrected chi connectivity index (χ4v) is 5.14. The van der Waals surface area contributed by atoms with Gasteiger partial charge in [0, 0.05) is 26.2 Å². The highest BCUT2D eigenvalue weighted by Crippen LogP contribution is 2.29. The van der Waals surface area contributed by atoms with Gasteiger partial charge in [-0.15, -0.1) is 0 Å². The third-order valence-electron chi connectivity index (χ3n) is 5.72. The molecule has 1 fully saturated rings. The number of carbonyl (C=O) groups excluding carboxylic acids is 1. The second kappa shape index (κ2) is 9.09. The number of carbonyl (C=O) groups is 1. The summed E-state index contributed by atoms with van der Waals surface area (Å²) in [5.74, 6) is -0.283. The molecule has 2 aromatic carbocycles. The standard InChI is InChI=1S/C23H30N2O3S/c1-18(2)29(27,28)19(3)23(26)25-16-14-24(15-17-25)22(20-10-6-4-7-11-20)21-12-8-5-9-13-21/h4-13,18-19,22H,14-17H2,1-3H3. The van der Waals surface area contributed by atoms with Crippen LogP contribution in [-0.4, -0.2) is 60.8 Å². The third kappa shape index (κ3) is 4.70. The molecule has 1 atom stereocenters. The number of rotatable bonds is 6. The fourth-order valence-electron chi connectivity index (χ4n) is 3.89. The molecule has 1 heterocycles. The van der Waals surface area contributed by atoms with Crippen molar-refractivity contribution < 1.29 is 13.2 Å². The maximum Gasteiger partial charge on any atom is 0.240 e. The predicted octanol–water partition coefficient (Wildman–Crippen LogP) is 3.13. The Hall–Kier alpha value is -2.18. The molecule has 0 N–H and O–H groups in total. The zero-order valence-corrected chi connectivity index (χ0v) is 18.2. The number of amides is 1. The Morgan fingerprint density at radius 2 is 1.24 bits per heavy atom. The second-order valence-electron chi connectivity index (χ2n) is 7.87. The Balaban J connectivity index is 1.75. The first-order chi connectivity index (χ1) is 13.8. The minimum atomic E-state index is -3.45. The second-order valence-corrected chi connectivity index (χ2v) is 10.7. The van der Waals surface area contributed by atoms with E-state index in [0.717, 1.165) is 0 Å². The Morgan fingerprint density at radius 3 is 1.66 bits per heavy atom. The van der Waals surface area contributed by atoms with Crippen LogP contribution in [0.5, 0.6) is 0 Å². The zero-order chi connectivity index (χ0) is 21.0. The number of hydrogen-bond acceptors (Lipinski definition) is 4. The van der Waals surface area contributed by atoms with Crippen molar-refractivity contribution >= 4 is 15.7 Å². The van der Waals surface area contributed by atoms with Crippen molar-refractivity contribution in [3.63, 3.8) is 0 Å². The summed E-state index contributed by atoms with van der Waals surface area (Å²) in [5.41, 5.74) is 2.43. The van der Waals surface area contributed by atoms with Crippen LogP contribution < -0.4 is 0 Å². The third-order valence-corrected chi connectivity index (χ3v) is 8.22. The molecule has 0 aromatic heterocycles. The summed E-state index contributed by atoms with van der Waals surface area (Å²) in [6, 6.07) is 20.8. The van der Waals surface area contributed by atoms with Crippen molar-refractivity contribution in [1.29, 1.82) is 0 Å². The lowest BCUT2D eigenvalue weighted by Gasteiger charge is -2.40. The summed E-state index contributed by atoms with van der Waals surface area (Å²) in [6.07, 6.45) is 0. The van der Waals surface area contributed by atoms with Gasteiger partial charge in [-0.25, -0.2) is 8.42 Å². The van der Waals surface area contributed by atoms with Crippen LogP contribution in [0.4, 0.5) is 0 Å². The number of nitrogens with zero attached hydrogens (tertiary/aromatic N) is 2. The summed E-state index contributed by atoms with van der Waals surface area (Å²) >= 11 is 0. The van der Waals surface area contributed by atoms with Crippen LogP contribution in [0.3, 0.4) is 0 Å². The van der Waals surface area contributed by atoms with E-state index >= 15 is 0 Å². The molecule has 1 amide bonds. The Kier molecular flexibility index (Phi) is 6.75. The molecule has 3 rings (SSSR count). The highest BCUT2D eigenvalue weighted by Gasteiger charge is 2.36. The highest BCUT2D eigenvalue weighted by molar-refractivity contribution is 7.93. The Labute approximate surface area is 174 Å². The van der Waals surface area contributed by atoms with Crippen LogP contribution >= 0.6 is 0 Å². The molecule has 1 aliphatic heterocycles. The number of hydrogen-bond donors (Lipinski definition) is 0. The summed E-state index contributed by atoms with van der Waals surface area (Å²) in [6.45, 7) is 7.24. The predicted molar refractivity (Wildman–Crippen MR) is 116 cm³/mol. The van der Waals surface area contributed by atoms with E-state index in [1.165, 1.54) is 18.1 Å². The van der Waals surface area contributed by atoms with Gasteiger partial charge in [-0.1, -0.05) is 60.7 Å². The van der Waals surface area contributed by atoms with Gasteiger partial charge in [0.15, 0.2) is 9.84 Å². The van der Waals surface area contributed by atoms with E-state index in [-0.39, 0.29) is 11.9 Å². The molecule has 156 valence electrons. The average molecular weight is 415 g/mol. The van der Waals surface area contributed by atoms with Crippen LogP contribution in [0.15, 0.2) is 60.7 Å². The molecule has 1 aliphatic rings. The Morgan fingerprint density at radius 1 is 0.793 bits per heavy atom. The van der Waals surface area contributed by atoms with Crippen LogP contribution in [-0.2, 0) is 14.6 Å². The van der Waals surface area contributed by atoms with Gasteiger partial charge in [-0.05, 0) is 31.9 Å². The van der Waals surface area contributed by atoms with E-state index in [2.05, 4.69) is 29.2 Å². The summed E-state index contributed by atoms with van der Waals surface area (Å²) in [5, 5.41) is -1.55. The lowest BCUT2D eigenvalue weighted by molar-refractivity contribution is -0.132. The van der Waals surface area contributed by atoms with Crippen molar-refractivity contribution in [1.82, 2.24) is 9.80 Å². The van der Waals surface area contributed by atoms with Crippen molar-refractivity contribution in [2.45, 2.75) is 37.3 Å². The molecule has 6 heteroatoms. The maximum atomic E-state index is 12.8. The van der Waals surface area contributed by atoms with Crippen molar-refractivity contribution in [3.05, 3.63) is 71.8 Å². The molecule has 0 aliphatic carbocycles. The molecule has 1 saturated heterocycles. The van der Waals surface area contributed by atoms with Crippen LogP contribution in [0.1, 0.15) is 37.9 Å². The van der Waals surface area contributed by atoms with E-state index in [4.69, 9.17) is 0 Å². The van der Waals surface area contributed by atoms with Gasteiger partial charge in [0.25, 0.3) is 0 Å². The molecule has 29 heavy (non-hydrogen) atoms. The van der Waals surface area contributed by atoms with Gasteiger partial charge in [0.2, 0.25) is 5.91 Å². The molecule has 0 spiro atoms. The lowest BCUT2D eigenvalue weighted by atomic mass is 9.96. The molecular formula is C23H30N2O3S. The van der Waals surface area contributed by atoms with E-state index < -0.39 is 20.3 Å². The quantitative estimate of drug-likeness (QED) is 0.729. The maximum absolute atomic E-state index is 12.8.